The predicted molar refractivity (Wildman–Crippen MR) is 59.0 cm³/mol. The highest BCUT2D eigenvalue weighted by atomic mass is 79.9. The molecule has 1 aromatic carbocycles. The first kappa shape index (κ1) is 9.76. The van der Waals surface area contributed by atoms with Crippen molar-refractivity contribution < 1.29 is 4.42 Å². The van der Waals surface area contributed by atoms with Crippen LogP contribution >= 0.6 is 15.9 Å². The third kappa shape index (κ3) is 1.86. The molecule has 0 unspecified atom stereocenters. The van der Waals surface area contributed by atoms with Crippen molar-refractivity contribution in [3.63, 3.8) is 0 Å². The Bertz CT molecular complexity index is 629. The van der Waals surface area contributed by atoms with E-state index in [1.54, 1.807) is 18.2 Å². The first-order chi connectivity index (χ1) is 7.20. The summed E-state index contributed by atoms with van der Waals surface area (Å²) in [6, 6.07) is 6.69. The summed E-state index contributed by atoms with van der Waals surface area (Å²) < 4.78 is 5.82. The highest BCUT2D eigenvalue weighted by Gasteiger charge is 2.03. The molecule has 0 amide bonds. The zero-order valence-electron chi connectivity index (χ0n) is 7.35. The molecule has 2 aromatic rings. The molecule has 5 nitrogen and oxygen atoms in total. The Morgan fingerprint density at radius 2 is 2.20 bits per heavy atom. The van der Waals surface area contributed by atoms with E-state index in [0.717, 1.165) is 4.47 Å². The third-order valence-electron chi connectivity index (χ3n) is 1.83. The number of azide groups is 1. The van der Waals surface area contributed by atoms with Gasteiger partial charge in [-0.05, 0) is 29.8 Å². The first-order valence-electron chi connectivity index (χ1n) is 3.99. The van der Waals surface area contributed by atoms with Gasteiger partial charge < -0.3 is 4.42 Å². The summed E-state index contributed by atoms with van der Waals surface area (Å²) in [7, 11) is 0. The first-order valence-corrected chi connectivity index (χ1v) is 4.78. The second kappa shape index (κ2) is 3.76. The van der Waals surface area contributed by atoms with E-state index < -0.39 is 5.63 Å². The Labute approximate surface area is 92.1 Å². The number of halogens is 1. The van der Waals surface area contributed by atoms with Gasteiger partial charge in [-0.15, -0.1) is 0 Å². The van der Waals surface area contributed by atoms with E-state index in [-0.39, 0.29) is 5.69 Å². The molecule has 2 rings (SSSR count). The summed E-state index contributed by atoms with van der Waals surface area (Å²) >= 11 is 3.29. The van der Waals surface area contributed by atoms with Crippen molar-refractivity contribution in [1.82, 2.24) is 0 Å². The van der Waals surface area contributed by atoms with Gasteiger partial charge in [-0.2, -0.15) is 0 Å². The van der Waals surface area contributed by atoms with Crippen LogP contribution in [-0.4, -0.2) is 0 Å². The van der Waals surface area contributed by atoms with Crippen LogP contribution in [0.4, 0.5) is 5.69 Å². The molecular weight excluding hydrogens is 262 g/mol. The molecular formula is C9H4BrN3O2. The Kier molecular flexibility index (Phi) is 2.45. The van der Waals surface area contributed by atoms with Crippen LogP contribution in [0.5, 0.6) is 0 Å². The van der Waals surface area contributed by atoms with E-state index in [0.29, 0.717) is 11.0 Å². The SMILES string of the molecule is [N-]=[N+]=Nc1cc2cc(Br)ccc2oc1=O. The zero-order chi connectivity index (χ0) is 10.8. The van der Waals surface area contributed by atoms with Gasteiger partial charge in [0, 0.05) is 14.8 Å². The van der Waals surface area contributed by atoms with Gasteiger partial charge in [-0.3, -0.25) is 0 Å². The van der Waals surface area contributed by atoms with Gasteiger partial charge in [0.15, 0.2) is 0 Å². The predicted octanol–water partition coefficient (Wildman–Crippen LogP) is 3.50. The molecule has 15 heavy (non-hydrogen) atoms. The molecule has 0 aliphatic carbocycles. The number of hydrogen-bond donors (Lipinski definition) is 0. The molecule has 0 aliphatic heterocycles. The average Bonchev–Trinajstić information content (AvgIpc) is 2.20. The minimum absolute atomic E-state index is 0.0388. The fourth-order valence-electron chi connectivity index (χ4n) is 1.20. The summed E-state index contributed by atoms with van der Waals surface area (Å²) in [5, 5.41) is 3.95. The van der Waals surface area contributed by atoms with E-state index in [1.807, 2.05) is 0 Å². The lowest BCUT2D eigenvalue weighted by Crippen LogP contribution is -1.96. The van der Waals surface area contributed by atoms with Gasteiger partial charge >= 0.3 is 5.63 Å². The molecule has 0 bridgehead atoms. The van der Waals surface area contributed by atoms with Gasteiger partial charge in [-0.25, -0.2) is 4.79 Å². The Morgan fingerprint density at radius 1 is 1.40 bits per heavy atom. The molecule has 0 atom stereocenters. The summed E-state index contributed by atoms with van der Waals surface area (Å²) in [4.78, 5) is 13.8. The summed E-state index contributed by atoms with van der Waals surface area (Å²) in [5.41, 5.74) is 8.02. The van der Waals surface area contributed by atoms with Crippen LogP contribution < -0.4 is 5.63 Å². The molecule has 1 aromatic heterocycles. The molecule has 0 aliphatic rings. The van der Waals surface area contributed by atoms with Gasteiger partial charge in [-0.1, -0.05) is 21.0 Å². The number of hydrogen-bond acceptors (Lipinski definition) is 3. The largest absolute Gasteiger partial charge is 0.422 e. The lowest BCUT2D eigenvalue weighted by atomic mass is 10.2. The molecule has 0 spiro atoms. The summed E-state index contributed by atoms with van der Waals surface area (Å²) in [5.74, 6) is 0. The third-order valence-corrected chi connectivity index (χ3v) is 2.32. The zero-order valence-corrected chi connectivity index (χ0v) is 8.93. The number of rotatable bonds is 1. The Morgan fingerprint density at radius 3 is 2.93 bits per heavy atom. The maximum atomic E-state index is 11.3. The van der Waals surface area contributed by atoms with Crippen LogP contribution in [0.3, 0.4) is 0 Å². The minimum Gasteiger partial charge on any atom is -0.422 e. The molecule has 0 saturated carbocycles. The molecule has 1 heterocycles. The van der Waals surface area contributed by atoms with Crippen LogP contribution in [-0.2, 0) is 0 Å². The molecule has 0 radical (unpaired) electrons. The minimum atomic E-state index is -0.636. The molecule has 74 valence electrons. The van der Waals surface area contributed by atoms with E-state index in [1.165, 1.54) is 6.07 Å². The normalized spacial score (nSPS) is 9.93. The van der Waals surface area contributed by atoms with E-state index in [9.17, 15) is 4.79 Å². The van der Waals surface area contributed by atoms with Crippen LogP contribution in [0, 0.1) is 0 Å². The van der Waals surface area contributed by atoms with Crippen molar-refractivity contribution in [2.24, 2.45) is 5.11 Å². The maximum absolute atomic E-state index is 11.3. The van der Waals surface area contributed by atoms with Gasteiger partial charge in [0.1, 0.15) is 11.3 Å². The molecule has 6 heteroatoms. The highest BCUT2D eigenvalue weighted by Crippen LogP contribution is 2.21. The molecule has 0 N–H and O–H groups in total. The van der Waals surface area contributed by atoms with Crippen LogP contribution in [0.25, 0.3) is 21.4 Å². The summed E-state index contributed by atoms with van der Waals surface area (Å²) in [6.07, 6.45) is 0. The molecule has 0 saturated heterocycles. The standard InChI is InChI=1S/C9H4BrN3O2/c10-6-1-2-8-5(3-6)4-7(12-13-11)9(14)15-8/h1-4H. The van der Waals surface area contributed by atoms with Gasteiger partial charge in [0.2, 0.25) is 0 Å². The quantitative estimate of drug-likeness (QED) is 0.342. The van der Waals surface area contributed by atoms with Crippen LogP contribution in [0.2, 0.25) is 0 Å². The highest BCUT2D eigenvalue weighted by molar-refractivity contribution is 9.10. The smallest absolute Gasteiger partial charge is 0.345 e. The van der Waals surface area contributed by atoms with Crippen molar-refractivity contribution in [2.45, 2.75) is 0 Å². The van der Waals surface area contributed by atoms with E-state index in [2.05, 4.69) is 26.0 Å². The lowest BCUT2D eigenvalue weighted by Gasteiger charge is -1.97. The fraction of sp³-hybridized carbons (Fsp3) is 0. The number of benzene rings is 1. The van der Waals surface area contributed by atoms with Crippen molar-refractivity contribution in [3.05, 3.63) is 49.6 Å². The van der Waals surface area contributed by atoms with E-state index in [4.69, 9.17) is 9.95 Å². The topological polar surface area (TPSA) is 79.0 Å². The second-order valence-electron chi connectivity index (χ2n) is 2.79. The van der Waals surface area contributed by atoms with Crippen molar-refractivity contribution in [3.8, 4) is 0 Å². The Hall–Kier alpha value is -1.78. The maximum Gasteiger partial charge on any atom is 0.345 e. The number of nitrogens with zero attached hydrogens (tertiary/aromatic N) is 3. The fourth-order valence-corrected chi connectivity index (χ4v) is 1.58. The van der Waals surface area contributed by atoms with Crippen molar-refractivity contribution in [2.75, 3.05) is 0 Å². The van der Waals surface area contributed by atoms with Crippen molar-refractivity contribution in [1.29, 1.82) is 0 Å². The molecule has 0 fully saturated rings. The lowest BCUT2D eigenvalue weighted by molar-refractivity contribution is 0.562. The number of fused-ring (bicyclic) bond motifs is 1. The summed E-state index contributed by atoms with van der Waals surface area (Å²) in [6.45, 7) is 0. The monoisotopic (exact) mass is 265 g/mol. The van der Waals surface area contributed by atoms with Gasteiger partial charge in [0.05, 0.1) is 0 Å². The van der Waals surface area contributed by atoms with Crippen LogP contribution in [0.1, 0.15) is 0 Å². The van der Waals surface area contributed by atoms with Gasteiger partial charge in [0.25, 0.3) is 0 Å². The van der Waals surface area contributed by atoms with E-state index >= 15 is 0 Å². The van der Waals surface area contributed by atoms with Crippen LogP contribution in [0.15, 0.2) is 43.1 Å². The Balaban J connectivity index is 2.83. The van der Waals surface area contributed by atoms with Crippen molar-refractivity contribution >= 4 is 32.6 Å². The second-order valence-corrected chi connectivity index (χ2v) is 3.71. The average molecular weight is 266 g/mol.